The highest BCUT2D eigenvalue weighted by molar-refractivity contribution is 5.89. The van der Waals surface area contributed by atoms with Crippen molar-refractivity contribution >= 4 is 16.7 Å². The van der Waals surface area contributed by atoms with Crippen molar-refractivity contribution in [3.63, 3.8) is 0 Å². The molecule has 9 heteroatoms. The molecule has 2 aliphatic rings. The minimum absolute atomic E-state index is 0.152. The van der Waals surface area contributed by atoms with Crippen molar-refractivity contribution < 1.29 is 44.9 Å². The first-order valence-corrected chi connectivity index (χ1v) is 11.8. The predicted molar refractivity (Wildman–Crippen MR) is 122 cm³/mol. The van der Waals surface area contributed by atoms with Crippen molar-refractivity contribution in [2.45, 2.75) is 75.1 Å². The zero-order valence-electron chi connectivity index (χ0n) is 18.8. The molecule has 4 rings (SSSR count). The molecule has 1 aliphatic carbocycles. The highest BCUT2D eigenvalue weighted by Crippen LogP contribution is 2.41. The lowest BCUT2D eigenvalue weighted by Crippen LogP contribution is -2.55. The van der Waals surface area contributed by atoms with Crippen LogP contribution in [-0.2, 0) is 9.53 Å². The van der Waals surface area contributed by atoms with Crippen LogP contribution in [0.5, 0.6) is 11.5 Å². The zero-order chi connectivity index (χ0) is 24.4. The molecule has 186 valence electrons. The average molecular weight is 477 g/mol. The van der Waals surface area contributed by atoms with Gasteiger partial charge in [-0.05, 0) is 41.3 Å². The maximum atomic E-state index is 11.9. The Balaban J connectivity index is 1.66. The third kappa shape index (κ3) is 4.99. The van der Waals surface area contributed by atoms with Gasteiger partial charge >= 0.3 is 5.97 Å². The fourth-order valence-corrected chi connectivity index (χ4v) is 5.11. The topological polar surface area (TPSA) is 157 Å². The molecule has 9 nitrogen and oxygen atoms in total. The SMILES string of the molecule is O=C(O)[C@H](CC1CCCCC1)Oc1ccc2ccc(O)c([C@H]3O[C@H](CO)[C@@H](O)[C@H](O)[C@@H]3O)c2c1. The van der Waals surface area contributed by atoms with E-state index in [0.29, 0.717) is 23.1 Å². The Morgan fingerprint density at radius 1 is 1.03 bits per heavy atom. The number of aliphatic hydroxyl groups is 4. The van der Waals surface area contributed by atoms with Gasteiger partial charge in [0.2, 0.25) is 0 Å². The molecule has 1 heterocycles. The minimum atomic E-state index is -1.60. The van der Waals surface area contributed by atoms with Crippen LogP contribution in [0.15, 0.2) is 30.3 Å². The van der Waals surface area contributed by atoms with Crippen LogP contribution in [-0.4, -0.2) is 73.7 Å². The standard InChI is InChI=1S/C25H32O9/c26-12-19-21(28)22(29)23(30)24(34-19)20-16-11-15(8-6-14(16)7-9-17(20)27)33-18(25(31)32)10-13-4-2-1-3-5-13/h6-9,11,13,18-19,21-24,26-30H,1-5,10,12H2,(H,31,32)/t18-,19+,21+,22-,23-,24+/m0/s1. The molecule has 2 fully saturated rings. The molecule has 0 unspecified atom stereocenters. The molecular formula is C25H32O9. The van der Waals surface area contributed by atoms with E-state index in [9.17, 15) is 35.4 Å². The van der Waals surface area contributed by atoms with Gasteiger partial charge in [-0.3, -0.25) is 0 Å². The van der Waals surface area contributed by atoms with E-state index in [1.807, 2.05) is 0 Å². The molecule has 0 radical (unpaired) electrons. The van der Waals surface area contributed by atoms with Crippen molar-refractivity contribution in [2.75, 3.05) is 6.61 Å². The summed E-state index contributed by atoms with van der Waals surface area (Å²) in [4.78, 5) is 11.9. The Morgan fingerprint density at radius 2 is 1.74 bits per heavy atom. The van der Waals surface area contributed by atoms with Gasteiger partial charge < -0.3 is 40.1 Å². The summed E-state index contributed by atoms with van der Waals surface area (Å²) in [6, 6.07) is 7.99. The molecule has 6 N–H and O–H groups in total. The van der Waals surface area contributed by atoms with Crippen LogP contribution < -0.4 is 4.74 Å². The predicted octanol–water partition coefficient (Wildman–Crippen LogP) is 1.86. The van der Waals surface area contributed by atoms with Crippen molar-refractivity contribution in [2.24, 2.45) is 5.92 Å². The van der Waals surface area contributed by atoms with Gasteiger partial charge in [0, 0.05) is 5.56 Å². The van der Waals surface area contributed by atoms with Gasteiger partial charge in [0.25, 0.3) is 0 Å². The Bertz CT molecular complexity index is 1000. The van der Waals surface area contributed by atoms with E-state index in [-0.39, 0.29) is 17.1 Å². The molecule has 34 heavy (non-hydrogen) atoms. The van der Waals surface area contributed by atoms with Crippen molar-refractivity contribution in [3.8, 4) is 11.5 Å². The largest absolute Gasteiger partial charge is 0.508 e. The van der Waals surface area contributed by atoms with E-state index in [1.54, 1.807) is 24.3 Å². The number of ether oxygens (including phenoxy) is 2. The number of carbonyl (C=O) groups is 1. The number of fused-ring (bicyclic) bond motifs is 1. The summed E-state index contributed by atoms with van der Waals surface area (Å²) >= 11 is 0. The number of phenols is 1. The number of hydrogen-bond acceptors (Lipinski definition) is 8. The molecule has 1 saturated carbocycles. The normalized spacial score (nSPS) is 29.1. The number of phenolic OH excluding ortho intramolecular Hbond substituents is 1. The van der Waals surface area contributed by atoms with Crippen molar-refractivity contribution in [1.29, 1.82) is 0 Å². The van der Waals surface area contributed by atoms with E-state index in [0.717, 1.165) is 25.7 Å². The second-order valence-corrected chi connectivity index (χ2v) is 9.32. The minimum Gasteiger partial charge on any atom is -0.508 e. The van der Waals surface area contributed by atoms with Gasteiger partial charge in [-0.1, -0.05) is 44.2 Å². The van der Waals surface area contributed by atoms with Gasteiger partial charge in [0.05, 0.1) is 6.61 Å². The number of carboxylic acids is 1. The first-order chi connectivity index (χ1) is 16.3. The third-order valence-electron chi connectivity index (χ3n) is 7.01. The van der Waals surface area contributed by atoms with Crippen LogP contribution in [0.1, 0.15) is 50.2 Å². The number of aliphatic hydroxyl groups excluding tert-OH is 4. The van der Waals surface area contributed by atoms with E-state index in [4.69, 9.17) is 9.47 Å². The second-order valence-electron chi connectivity index (χ2n) is 9.32. The summed E-state index contributed by atoms with van der Waals surface area (Å²) in [6.07, 6.45) is -2.36. The third-order valence-corrected chi connectivity index (χ3v) is 7.01. The van der Waals surface area contributed by atoms with Gasteiger partial charge in [-0.25, -0.2) is 4.79 Å². The lowest BCUT2D eigenvalue weighted by Gasteiger charge is -2.40. The molecule has 2 aromatic rings. The van der Waals surface area contributed by atoms with E-state index >= 15 is 0 Å². The highest BCUT2D eigenvalue weighted by atomic mass is 16.5. The fourth-order valence-electron chi connectivity index (χ4n) is 5.11. The van der Waals surface area contributed by atoms with Crippen LogP contribution in [0.25, 0.3) is 10.8 Å². The first kappa shape index (κ1) is 24.7. The quantitative estimate of drug-likeness (QED) is 0.351. The maximum absolute atomic E-state index is 11.9. The van der Waals surface area contributed by atoms with Gasteiger partial charge in [0.1, 0.15) is 42.0 Å². The lowest BCUT2D eigenvalue weighted by atomic mass is 9.85. The first-order valence-electron chi connectivity index (χ1n) is 11.8. The molecule has 1 saturated heterocycles. The number of aromatic hydroxyl groups is 1. The number of hydrogen-bond donors (Lipinski definition) is 6. The van der Waals surface area contributed by atoms with Gasteiger partial charge in [-0.2, -0.15) is 0 Å². The molecule has 1 aliphatic heterocycles. The van der Waals surface area contributed by atoms with Crippen molar-refractivity contribution in [1.82, 2.24) is 0 Å². The fraction of sp³-hybridized carbons (Fsp3) is 0.560. The molecule has 0 bridgehead atoms. The molecule has 0 amide bonds. The van der Waals surface area contributed by atoms with Gasteiger partial charge in [0.15, 0.2) is 6.10 Å². The van der Waals surface area contributed by atoms with Crippen molar-refractivity contribution in [3.05, 3.63) is 35.9 Å². The smallest absolute Gasteiger partial charge is 0.344 e. The van der Waals surface area contributed by atoms with Crippen LogP contribution >= 0.6 is 0 Å². The number of benzene rings is 2. The molecular weight excluding hydrogens is 444 g/mol. The van der Waals surface area contributed by atoms with Crippen LogP contribution in [0.4, 0.5) is 0 Å². The maximum Gasteiger partial charge on any atom is 0.344 e. The summed E-state index contributed by atoms with van der Waals surface area (Å²) in [5, 5.41) is 61.9. The van der Waals surface area contributed by atoms with E-state index in [1.165, 1.54) is 12.5 Å². The summed E-state index contributed by atoms with van der Waals surface area (Å²) in [7, 11) is 0. The van der Waals surface area contributed by atoms with Crippen LogP contribution in [0.3, 0.4) is 0 Å². The summed E-state index contributed by atoms with van der Waals surface area (Å²) < 4.78 is 11.5. The molecule has 6 atom stereocenters. The number of rotatable bonds is 7. The van der Waals surface area contributed by atoms with Crippen LogP contribution in [0.2, 0.25) is 0 Å². The molecule has 0 spiro atoms. The summed E-state index contributed by atoms with van der Waals surface area (Å²) in [6.45, 7) is -0.594. The summed E-state index contributed by atoms with van der Waals surface area (Å²) in [5.74, 6) is -0.683. The Kier molecular flexibility index (Phi) is 7.59. The zero-order valence-corrected chi connectivity index (χ0v) is 18.8. The van der Waals surface area contributed by atoms with E-state index in [2.05, 4.69) is 0 Å². The highest BCUT2D eigenvalue weighted by Gasteiger charge is 2.45. The average Bonchev–Trinajstić information content (AvgIpc) is 2.83. The lowest BCUT2D eigenvalue weighted by molar-refractivity contribution is -0.231. The number of aliphatic carboxylic acids is 1. The second kappa shape index (κ2) is 10.5. The van der Waals surface area contributed by atoms with Crippen LogP contribution in [0, 0.1) is 5.92 Å². The Hall–Kier alpha value is -2.43. The Morgan fingerprint density at radius 3 is 2.41 bits per heavy atom. The number of carboxylic acid groups (broad SMARTS) is 1. The Labute approximate surface area is 197 Å². The van der Waals surface area contributed by atoms with Gasteiger partial charge in [-0.15, -0.1) is 0 Å². The monoisotopic (exact) mass is 476 g/mol. The molecule has 2 aromatic carbocycles. The summed E-state index contributed by atoms with van der Waals surface area (Å²) in [5.41, 5.74) is 0.152. The van der Waals surface area contributed by atoms with E-state index < -0.39 is 49.2 Å². The molecule has 0 aromatic heterocycles.